The molecule has 21 rings (SSSR count). The van der Waals surface area contributed by atoms with Crippen molar-refractivity contribution >= 4 is 0 Å². The third-order valence-corrected chi connectivity index (χ3v) is 17.3. The van der Waals surface area contributed by atoms with Crippen LogP contribution in [-0.2, 0) is 99.5 Å². The molecule has 0 aromatic heterocycles. The summed E-state index contributed by atoms with van der Waals surface area (Å²) in [7, 11) is 0. The van der Waals surface area contributed by atoms with Crippen molar-refractivity contribution in [1.82, 2.24) is 0 Å². The van der Waals surface area contributed by atoms with E-state index in [1.807, 2.05) is 0 Å². The molecular formula is C57H100O42. The minimum atomic E-state index is -2.23. The smallest absolute Gasteiger partial charge is 0.187 e. The van der Waals surface area contributed by atoms with Crippen molar-refractivity contribution in [3.05, 3.63) is 0 Å². The predicted molar refractivity (Wildman–Crippen MR) is 309 cm³/mol. The molecule has 0 aromatic carbocycles. The van der Waals surface area contributed by atoms with Gasteiger partial charge < -0.3 is 207 Å². The summed E-state index contributed by atoms with van der Waals surface area (Å²) in [6.45, 7) is -8.80. The summed E-state index contributed by atoms with van der Waals surface area (Å²) in [5, 5.41) is 235. The van der Waals surface area contributed by atoms with Gasteiger partial charge in [0.15, 0.2) is 44.0 Å². The van der Waals surface area contributed by atoms with Gasteiger partial charge in [0.1, 0.15) is 171 Å². The van der Waals surface area contributed by atoms with Crippen molar-refractivity contribution in [2.24, 2.45) is 0 Å². The molecule has 99 heavy (non-hydrogen) atoms. The summed E-state index contributed by atoms with van der Waals surface area (Å²) in [6.07, 6.45) is -70.6. The van der Waals surface area contributed by atoms with Gasteiger partial charge in [-0.25, -0.2) is 0 Å². The average molecular weight is 1460 g/mol. The van der Waals surface area contributed by atoms with E-state index in [1.165, 1.54) is 6.92 Å². The van der Waals surface area contributed by atoms with Crippen molar-refractivity contribution in [1.29, 1.82) is 0 Å². The Morgan fingerprint density at radius 1 is 0.222 bits per heavy atom. The SMILES string of the molecule is CC(O)COC[C@H]1O[C@@H]2O[C@H]3[C@H](O)[C@@H](O)[C@@H](O[C@H]4[C@H](O)[C@@H](O)[C@@H](O[C@H]5[C@H](O)[C@@H](O)[C@@H](O[C@H]6[C@H](O)[C@@H](O)[C@@H](O[C@H]7[C@H](O)[C@@H](O)[C@@H](O[C@H]8[C@H](O)[C@@H](O)[C@@H](O[C@H]1[C@H](O)[C@H]2O)O[C@@H]8COCCO)O[C@@H]7COCCO)O[C@@H]6COCCO)O[C@@H]5COCCO)O[C@@H]4COCCO)O[C@@H]3COCCO. The molecule has 14 bridgehead atoms. The first kappa shape index (κ1) is 83.0. The molecule has 21 aliphatic rings. The fourth-order valence-corrected chi connectivity index (χ4v) is 12.3. The van der Waals surface area contributed by atoms with Crippen LogP contribution in [0.4, 0.5) is 0 Å². The maximum Gasteiger partial charge on any atom is 0.187 e. The lowest BCUT2D eigenvalue weighted by Gasteiger charge is -2.50. The normalized spacial score (nSPS) is 46.1. The summed E-state index contributed by atoms with van der Waals surface area (Å²) >= 11 is 0. The molecule has 0 spiro atoms. The fourth-order valence-electron chi connectivity index (χ4n) is 12.3. The van der Waals surface area contributed by atoms with Gasteiger partial charge in [-0.05, 0) is 6.92 Å². The van der Waals surface area contributed by atoms with Crippen LogP contribution in [0.5, 0.6) is 0 Å². The summed E-state index contributed by atoms with van der Waals surface area (Å²) in [6, 6.07) is 0. The van der Waals surface area contributed by atoms with Crippen LogP contribution in [-0.4, -0.2) is 460 Å². The molecule has 42 heteroatoms. The monoisotopic (exact) mass is 1460 g/mol. The zero-order valence-electron chi connectivity index (χ0n) is 53.9. The van der Waals surface area contributed by atoms with Crippen LogP contribution in [0, 0.1) is 0 Å². The van der Waals surface area contributed by atoms with Crippen LogP contribution in [0.1, 0.15) is 6.92 Å². The number of hydrogen-bond acceptors (Lipinski definition) is 42. The van der Waals surface area contributed by atoms with Crippen LogP contribution < -0.4 is 0 Å². The van der Waals surface area contributed by atoms with E-state index < -0.39 is 307 Å². The van der Waals surface area contributed by atoms with Crippen molar-refractivity contribution in [2.75, 3.05) is 132 Å². The van der Waals surface area contributed by atoms with Gasteiger partial charge in [-0.3, -0.25) is 0 Å². The second-order valence-corrected chi connectivity index (χ2v) is 24.6. The average Bonchev–Trinajstić information content (AvgIpc) is 0.787. The number of ether oxygens (including phenoxy) is 21. The maximum absolute atomic E-state index is 12.0. The lowest BCUT2D eigenvalue weighted by molar-refractivity contribution is -0.397. The summed E-state index contributed by atoms with van der Waals surface area (Å²) in [5.74, 6) is 0. The van der Waals surface area contributed by atoms with Crippen molar-refractivity contribution < 1.29 is 207 Å². The van der Waals surface area contributed by atoms with Crippen molar-refractivity contribution in [3.8, 4) is 0 Å². The molecule has 42 nitrogen and oxygen atoms in total. The van der Waals surface area contributed by atoms with Crippen molar-refractivity contribution in [2.45, 2.75) is 228 Å². The third kappa shape index (κ3) is 20.9. The summed E-state index contributed by atoms with van der Waals surface area (Å²) in [4.78, 5) is 0. The summed E-state index contributed by atoms with van der Waals surface area (Å²) < 4.78 is 124. The Hall–Kier alpha value is -1.68. The van der Waals surface area contributed by atoms with E-state index in [4.69, 9.17) is 99.5 Å². The topological polar surface area (TPSA) is 619 Å². The summed E-state index contributed by atoms with van der Waals surface area (Å²) in [5.41, 5.74) is 0. The highest BCUT2D eigenvalue weighted by atomic mass is 16.8. The Balaban J connectivity index is 1.17. The number of aliphatic hydroxyl groups is 21. The van der Waals surface area contributed by atoms with Crippen LogP contribution in [0.2, 0.25) is 0 Å². The van der Waals surface area contributed by atoms with Crippen molar-refractivity contribution in [3.63, 3.8) is 0 Å². The maximum atomic E-state index is 12.0. The Bertz CT molecular complexity index is 2220. The predicted octanol–water partition coefficient (Wildman–Crippen LogP) is -14.7. The second-order valence-electron chi connectivity index (χ2n) is 24.6. The number of rotatable bonds is 28. The minimum Gasteiger partial charge on any atom is -0.394 e. The van der Waals surface area contributed by atoms with Gasteiger partial charge in [0.25, 0.3) is 0 Å². The molecule has 0 radical (unpaired) electrons. The molecule has 21 fully saturated rings. The lowest BCUT2D eigenvalue weighted by Crippen LogP contribution is -2.68. The molecule has 0 aliphatic carbocycles. The van der Waals surface area contributed by atoms with Gasteiger partial charge >= 0.3 is 0 Å². The van der Waals surface area contributed by atoms with E-state index in [9.17, 15) is 107 Å². The molecular weight excluding hydrogens is 1360 g/mol. The van der Waals surface area contributed by atoms with Crippen LogP contribution in [0.3, 0.4) is 0 Å². The van der Waals surface area contributed by atoms with E-state index in [0.29, 0.717) is 0 Å². The molecule has 0 aromatic rings. The minimum absolute atomic E-state index is 0.360. The first-order valence-corrected chi connectivity index (χ1v) is 32.6. The number of aliphatic hydroxyl groups excluding tert-OH is 21. The Morgan fingerprint density at radius 3 is 0.495 bits per heavy atom. The van der Waals surface area contributed by atoms with E-state index in [0.717, 1.165) is 0 Å². The highest BCUT2D eigenvalue weighted by Gasteiger charge is 2.60. The first-order valence-electron chi connectivity index (χ1n) is 32.6. The highest BCUT2D eigenvalue weighted by Crippen LogP contribution is 2.40. The zero-order chi connectivity index (χ0) is 71.8. The Morgan fingerprint density at radius 2 is 0.364 bits per heavy atom. The van der Waals surface area contributed by atoms with Gasteiger partial charge in [-0.1, -0.05) is 0 Å². The lowest BCUT2D eigenvalue weighted by atomic mass is 9.95. The van der Waals surface area contributed by atoms with Gasteiger partial charge in [-0.15, -0.1) is 0 Å². The van der Waals surface area contributed by atoms with E-state index >= 15 is 0 Å². The van der Waals surface area contributed by atoms with E-state index in [1.54, 1.807) is 0 Å². The van der Waals surface area contributed by atoms with Gasteiger partial charge in [0.2, 0.25) is 0 Å². The molecule has 1 unspecified atom stereocenters. The van der Waals surface area contributed by atoms with Crippen LogP contribution in [0.15, 0.2) is 0 Å². The van der Waals surface area contributed by atoms with Gasteiger partial charge in [0.05, 0.1) is 138 Å². The molecule has 0 amide bonds. The third-order valence-electron chi connectivity index (χ3n) is 17.3. The molecule has 21 aliphatic heterocycles. The Kier molecular flexibility index (Phi) is 33.8. The highest BCUT2D eigenvalue weighted by molar-refractivity contribution is 5.02. The van der Waals surface area contributed by atoms with Crippen LogP contribution in [0.25, 0.3) is 0 Å². The zero-order valence-corrected chi connectivity index (χ0v) is 53.9. The first-order chi connectivity index (χ1) is 47.5. The van der Waals surface area contributed by atoms with Gasteiger partial charge in [-0.2, -0.15) is 0 Å². The van der Waals surface area contributed by atoms with Crippen LogP contribution >= 0.6 is 0 Å². The second kappa shape index (κ2) is 40.3. The van der Waals surface area contributed by atoms with E-state index in [2.05, 4.69) is 0 Å². The molecule has 21 N–H and O–H groups in total. The molecule has 0 saturated carbocycles. The quantitative estimate of drug-likeness (QED) is 0.0324. The van der Waals surface area contributed by atoms with Gasteiger partial charge in [0, 0.05) is 0 Å². The molecule has 21 saturated heterocycles. The van der Waals surface area contributed by atoms with E-state index in [-0.39, 0.29) is 46.2 Å². The molecule has 580 valence electrons. The fraction of sp³-hybridized carbons (Fsp3) is 1.00. The Labute approximate surface area is 565 Å². The number of hydrogen-bond donors (Lipinski definition) is 21. The largest absolute Gasteiger partial charge is 0.394 e. The molecule has 36 atom stereocenters. The molecule has 21 heterocycles. The standard InChI is InChI=1S/C57H100O42/c1-22(64)14-85-21-29-50-36(71)43(78)57(92-29)98-49-28(20-84-13-7-63)90-55(41(76)34(49)69)96-47-26(18-82-11-5-61)88-53(39(74)32(47)67)94-45-24(16-80-9-3-59)86-51(37(72)30(45)65)93-44-23(15-79-8-2-58)87-52(38(73)31(44)66)95-46-25(17-81-10-4-60)89-54(40(75)33(46)68)97-48-27(19-83-12-6-62)91-56(99-50)42(77)35(48)70/h22-78H,2-21H2,1H3/t22?,23-,24-,25-,26-,27-,28-,29-,30-,31-,32-,33-,34-,35-,36-,37-,38-,39-,40-,41-,42-,43-,44-,45-,46-,47-,48-,49-,50-,51-,52-,53-,54-,55-,56-,57-/m1/s1.